The number of carboxylic acid groups (broad SMARTS) is 1. The van der Waals surface area contributed by atoms with Crippen molar-refractivity contribution in [2.75, 3.05) is 20.3 Å². The zero-order valence-corrected chi connectivity index (χ0v) is 22.4. The number of hydrogen-bond acceptors (Lipinski definition) is 9. The van der Waals surface area contributed by atoms with Gasteiger partial charge >= 0.3 is 17.9 Å². The Balaban J connectivity index is 1.35. The van der Waals surface area contributed by atoms with Crippen LogP contribution in [0.2, 0.25) is 0 Å². The number of carbonyl (C=O) groups excluding carboxylic acids is 2. The minimum Gasteiger partial charge on any atom is -0.480 e. The van der Waals surface area contributed by atoms with Crippen LogP contribution in [0.5, 0.6) is 0 Å². The van der Waals surface area contributed by atoms with Gasteiger partial charge in [0.25, 0.3) is 0 Å². The number of fused-ring (bicyclic) bond motifs is 1. The Morgan fingerprint density at radius 2 is 1.68 bits per heavy atom. The number of benzene rings is 2. The van der Waals surface area contributed by atoms with E-state index in [1.54, 1.807) is 24.3 Å². The van der Waals surface area contributed by atoms with Crippen molar-refractivity contribution in [3.63, 3.8) is 0 Å². The van der Waals surface area contributed by atoms with Gasteiger partial charge in [0.2, 0.25) is 0 Å². The highest BCUT2D eigenvalue weighted by atomic mass is 16.5. The van der Waals surface area contributed by atoms with Crippen LogP contribution < -0.4 is 5.73 Å². The van der Waals surface area contributed by atoms with Gasteiger partial charge < -0.3 is 25.2 Å². The molecule has 1 heterocycles. The van der Waals surface area contributed by atoms with Crippen molar-refractivity contribution in [1.82, 2.24) is 4.90 Å². The lowest BCUT2D eigenvalue weighted by atomic mass is 9.89. The molecule has 2 aromatic rings. The molecule has 0 bridgehead atoms. The van der Waals surface area contributed by atoms with Gasteiger partial charge in [-0.1, -0.05) is 18.2 Å². The lowest BCUT2D eigenvalue weighted by molar-refractivity contribution is -0.139. The first-order chi connectivity index (χ1) is 19.4. The van der Waals surface area contributed by atoms with Gasteiger partial charge in [0.15, 0.2) is 0 Å². The highest BCUT2D eigenvalue weighted by Crippen LogP contribution is 2.44. The number of nitrogens with zero attached hydrogens (tertiary/aromatic N) is 3. The first-order valence-corrected chi connectivity index (χ1v) is 13.4. The second-order valence-electron chi connectivity index (χ2n) is 9.89. The molecule has 2 aromatic carbocycles. The number of methoxy groups -OCH3 is 1. The van der Waals surface area contributed by atoms with Crippen LogP contribution in [-0.2, 0) is 19.1 Å². The molecule has 1 aliphatic heterocycles. The second-order valence-corrected chi connectivity index (χ2v) is 9.89. The SMILES string of the molecule is COC(=O)C1=CN(CCCCC(N)C(=O)O)C=C2C(COC(=O)c3ccc(/N=N/c4ccccc4)cc3)CCC12. The Kier molecular flexibility index (Phi) is 9.80. The predicted octanol–water partition coefficient (Wildman–Crippen LogP) is 5.12. The first kappa shape index (κ1) is 28.7. The summed E-state index contributed by atoms with van der Waals surface area (Å²) in [6, 6.07) is 15.3. The van der Waals surface area contributed by atoms with E-state index in [9.17, 15) is 14.4 Å². The lowest BCUT2D eigenvalue weighted by Gasteiger charge is -2.29. The molecule has 3 atom stereocenters. The molecule has 0 spiro atoms. The standard InChI is InChI=1S/C30H34N4O6/c1-39-30(38)26-18-34(16-6-5-9-27(31)28(35)36)17-25-21(12-15-24(25)26)19-40-29(37)20-10-13-23(14-11-20)33-32-22-7-3-2-4-8-22/h2-4,7-8,10-11,13-14,17-18,21,24,27H,5-6,9,12,15-16,19,31H2,1H3,(H,35,36)/b33-32+. The van der Waals surface area contributed by atoms with E-state index in [1.165, 1.54) is 7.11 Å². The number of esters is 2. The molecule has 40 heavy (non-hydrogen) atoms. The third-order valence-corrected chi connectivity index (χ3v) is 7.15. The molecule has 10 heteroatoms. The van der Waals surface area contributed by atoms with Crippen molar-refractivity contribution in [3.8, 4) is 0 Å². The normalized spacial score (nSPS) is 19.0. The van der Waals surface area contributed by atoms with Crippen LogP contribution in [0, 0.1) is 11.8 Å². The van der Waals surface area contributed by atoms with E-state index in [4.69, 9.17) is 20.3 Å². The molecule has 210 valence electrons. The quantitative estimate of drug-likeness (QED) is 0.212. The van der Waals surface area contributed by atoms with Crippen LogP contribution in [0.15, 0.2) is 88.4 Å². The molecule has 1 fully saturated rings. The van der Waals surface area contributed by atoms with E-state index in [0.717, 1.165) is 24.1 Å². The number of carboxylic acids is 1. The number of hydrogen-bond donors (Lipinski definition) is 2. The Morgan fingerprint density at radius 3 is 2.35 bits per heavy atom. The average Bonchev–Trinajstić information content (AvgIpc) is 3.39. The lowest BCUT2D eigenvalue weighted by Crippen LogP contribution is -2.30. The average molecular weight is 547 g/mol. The fourth-order valence-corrected chi connectivity index (χ4v) is 4.95. The van der Waals surface area contributed by atoms with Gasteiger partial charge in [0, 0.05) is 30.8 Å². The van der Waals surface area contributed by atoms with Gasteiger partial charge in [-0.2, -0.15) is 10.2 Å². The summed E-state index contributed by atoms with van der Waals surface area (Å²) in [5, 5.41) is 17.3. The Labute approximate surface area is 233 Å². The third-order valence-electron chi connectivity index (χ3n) is 7.15. The Hall–Kier alpha value is -4.31. The van der Waals surface area contributed by atoms with Gasteiger partial charge in [-0.3, -0.25) is 4.79 Å². The van der Waals surface area contributed by atoms with Crippen LogP contribution in [0.3, 0.4) is 0 Å². The summed E-state index contributed by atoms with van der Waals surface area (Å²) in [7, 11) is 1.36. The summed E-state index contributed by atoms with van der Waals surface area (Å²) in [6.45, 7) is 0.802. The maximum atomic E-state index is 12.8. The number of ether oxygens (including phenoxy) is 2. The molecule has 0 aromatic heterocycles. The summed E-state index contributed by atoms with van der Waals surface area (Å²) in [4.78, 5) is 38.2. The summed E-state index contributed by atoms with van der Waals surface area (Å²) < 4.78 is 10.7. The van der Waals surface area contributed by atoms with E-state index in [-0.39, 0.29) is 24.4 Å². The first-order valence-electron chi connectivity index (χ1n) is 13.4. The van der Waals surface area contributed by atoms with Crippen LogP contribution in [-0.4, -0.2) is 54.2 Å². The molecule has 10 nitrogen and oxygen atoms in total. The number of nitrogens with two attached hydrogens (primary N) is 1. The minimum absolute atomic E-state index is 0.0239. The molecule has 3 unspecified atom stereocenters. The van der Waals surface area contributed by atoms with Crippen LogP contribution in [0.4, 0.5) is 11.4 Å². The van der Waals surface area contributed by atoms with Crippen molar-refractivity contribution in [2.24, 2.45) is 27.8 Å². The Morgan fingerprint density at radius 1 is 0.975 bits per heavy atom. The van der Waals surface area contributed by atoms with Gasteiger partial charge in [0.1, 0.15) is 6.04 Å². The monoisotopic (exact) mass is 546 g/mol. The van der Waals surface area contributed by atoms with Gasteiger partial charge in [-0.05, 0) is 74.1 Å². The van der Waals surface area contributed by atoms with Crippen molar-refractivity contribution in [2.45, 2.75) is 38.1 Å². The Bertz CT molecular complexity index is 1290. The van der Waals surface area contributed by atoms with Gasteiger partial charge in [-0.25, -0.2) is 9.59 Å². The van der Waals surface area contributed by atoms with Crippen LogP contribution in [0.25, 0.3) is 0 Å². The predicted molar refractivity (Wildman–Crippen MR) is 148 cm³/mol. The minimum atomic E-state index is -1.01. The number of azo groups is 1. The molecule has 2 aliphatic rings. The zero-order valence-electron chi connectivity index (χ0n) is 22.4. The van der Waals surface area contributed by atoms with E-state index in [2.05, 4.69) is 10.2 Å². The molecular formula is C30H34N4O6. The van der Waals surface area contributed by atoms with E-state index < -0.39 is 18.0 Å². The molecule has 0 amide bonds. The van der Waals surface area contributed by atoms with Crippen LogP contribution >= 0.6 is 0 Å². The maximum absolute atomic E-state index is 12.8. The fraction of sp³-hybridized carbons (Fsp3) is 0.367. The topological polar surface area (TPSA) is 144 Å². The molecule has 1 aliphatic carbocycles. The number of carbonyl (C=O) groups is 3. The number of aliphatic carboxylic acids is 1. The molecule has 1 saturated carbocycles. The smallest absolute Gasteiger partial charge is 0.338 e. The summed E-state index contributed by atoms with van der Waals surface area (Å²) in [6.07, 6.45) is 7.10. The van der Waals surface area contributed by atoms with Crippen molar-refractivity contribution >= 4 is 29.3 Å². The largest absolute Gasteiger partial charge is 0.480 e. The maximum Gasteiger partial charge on any atom is 0.338 e. The zero-order chi connectivity index (χ0) is 28.5. The second kappa shape index (κ2) is 13.7. The summed E-state index contributed by atoms with van der Waals surface area (Å²) in [5.41, 5.74) is 9.00. The summed E-state index contributed by atoms with van der Waals surface area (Å²) >= 11 is 0. The molecule has 0 radical (unpaired) electrons. The molecule has 4 rings (SSSR count). The van der Waals surface area contributed by atoms with E-state index in [0.29, 0.717) is 42.6 Å². The van der Waals surface area contributed by atoms with Gasteiger partial charge in [-0.15, -0.1) is 0 Å². The molecule has 0 saturated heterocycles. The molecule has 3 N–H and O–H groups in total. The van der Waals surface area contributed by atoms with Crippen LogP contribution in [0.1, 0.15) is 42.5 Å². The van der Waals surface area contributed by atoms with Crippen molar-refractivity contribution in [1.29, 1.82) is 0 Å². The fourth-order valence-electron chi connectivity index (χ4n) is 4.95. The van der Waals surface area contributed by atoms with E-state index in [1.807, 2.05) is 47.6 Å². The van der Waals surface area contributed by atoms with Crippen molar-refractivity contribution in [3.05, 3.63) is 83.7 Å². The van der Waals surface area contributed by atoms with Crippen molar-refractivity contribution < 1.29 is 29.0 Å². The number of unbranched alkanes of at least 4 members (excludes halogenated alkanes) is 1. The summed E-state index contributed by atoms with van der Waals surface area (Å²) in [5.74, 6) is -1.92. The van der Waals surface area contributed by atoms with Gasteiger partial charge in [0.05, 0.1) is 36.2 Å². The highest BCUT2D eigenvalue weighted by Gasteiger charge is 2.39. The third kappa shape index (κ3) is 7.41. The highest BCUT2D eigenvalue weighted by molar-refractivity contribution is 5.90. The number of rotatable bonds is 12. The van der Waals surface area contributed by atoms with E-state index >= 15 is 0 Å². The molecular weight excluding hydrogens is 512 g/mol.